The van der Waals surface area contributed by atoms with Gasteiger partial charge in [-0.2, -0.15) is 0 Å². The molecule has 0 radical (unpaired) electrons. The summed E-state index contributed by atoms with van der Waals surface area (Å²) >= 11 is 0. The summed E-state index contributed by atoms with van der Waals surface area (Å²) in [6.07, 6.45) is 5.19. The molecule has 3 rings (SSSR count). The minimum absolute atomic E-state index is 0.232. The van der Waals surface area contributed by atoms with Crippen LogP contribution in [0, 0.1) is 11.8 Å². The number of carbonyl (C=O) groups is 1. The zero-order valence-corrected chi connectivity index (χ0v) is 10.1. The van der Waals surface area contributed by atoms with Gasteiger partial charge in [-0.1, -0.05) is 0 Å². The molecule has 0 bridgehead atoms. The Morgan fingerprint density at radius 1 is 1.31 bits per heavy atom. The molecule has 3 heteroatoms. The summed E-state index contributed by atoms with van der Waals surface area (Å²) < 4.78 is 11.9. The van der Waals surface area contributed by atoms with E-state index in [9.17, 15) is 4.79 Å². The van der Waals surface area contributed by atoms with Crippen molar-refractivity contribution in [2.45, 2.75) is 63.9 Å². The van der Waals surface area contributed by atoms with Gasteiger partial charge in [0.05, 0.1) is 12.2 Å². The van der Waals surface area contributed by atoms with Gasteiger partial charge in [0.1, 0.15) is 5.78 Å². The van der Waals surface area contributed by atoms with Crippen LogP contribution in [0.2, 0.25) is 0 Å². The first-order valence-corrected chi connectivity index (χ1v) is 6.42. The van der Waals surface area contributed by atoms with Gasteiger partial charge in [0, 0.05) is 12.8 Å². The van der Waals surface area contributed by atoms with E-state index >= 15 is 0 Å². The number of rotatable bonds is 0. The van der Waals surface area contributed by atoms with Crippen LogP contribution in [0.15, 0.2) is 0 Å². The number of carbonyl (C=O) groups excluding carboxylic acids is 1. The molecule has 16 heavy (non-hydrogen) atoms. The SMILES string of the molecule is CC1(C)O[C@H]2[C@@H]3CCCC(=O)C[C@@H]3C[C@H]2O1. The van der Waals surface area contributed by atoms with Gasteiger partial charge in [0.2, 0.25) is 0 Å². The van der Waals surface area contributed by atoms with Crippen LogP contribution in [0.4, 0.5) is 0 Å². The molecule has 0 unspecified atom stereocenters. The second kappa shape index (κ2) is 3.54. The van der Waals surface area contributed by atoms with E-state index in [0.717, 1.165) is 32.1 Å². The van der Waals surface area contributed by atoms with E-state index in [4.69, 9.17) is 9.47 Å². The van der Waals surface area contributed by atoms with Crippen molar-refractivity contribution in [3.05, 3.63) is 0 Å². The van der Waals surface area contributed by atoms with E-state index in [0.29, 0.717) is 17.6 Å². The molecule has 1 aliphatic heterocycles. The molecule has 1 heterocycles. The first-order valence-electron chi connectivity index (χ1n) is 6.42. The van der Waals surface area contributed by atoms with E-state index in [1.165, 1.54) is 0 Å². The van der Waals surface area contributed by atoms with Crippen LogP contribution in [0.25, 0.3) is 0 Å². The normalized spacial score (nSPS) is 46.2. The largest absolute Gasteiger partial charge is 0.345 e. The Kier molecular flexibility index (Phi) is 2.37. The van der Waals surface area contributed by atoms with E-state index in [1.807, 2.05) is 13.8 Å². The average molecular weight is 224 g/mol. The van der Waals surface area contributed by atoms with Crippen LogP contribution >= 0.6 is 0 Å². The van der Waals surface area contributed by atoms with Crippen molar-refractivity contribution in [1.29, 1.82) is 0 Å². The molecule has 2 saturated carbocycles. The van der Waals surface area contributed by atoms with Crippen molar-refractivity contribution in [2.24, 2.45) is 11.8 Å². The summed E-state index contributed by atoms with van der Waals surface area (Å²) in [7, 11) is 0. The minimum atomic E-state index is -0.420. The molecule has 0 aromatic heterocycles. The summed E-state index contributed by atoms with van der Waals surface area (Å²) in [5, 5.41) is 0. The molecule has 2 aliphatic carbocycles. The lowest BCUT2D eigenvalue weighted by atomic mass is 9.90. The first kappa shape index (κ1) is 10.7. The van der Waals surface area contributed by atoms with Crippen LogP contribution in [-0.4, -0.2) is 23.8 Å². The smallest absolute Gasteiger partial charge is 0.163 e. The lowest BCUT2D eigenvalue weighted by molar-refractivity contribution is -0.160. The average Bonchev–Trinajstić information content (AvgIpc) is 2.53. The maximum absolute atomic E-state index is 11.6. The fourth-order valence-electron chi connectivity index (χ4n) is 3.71. The van der Waals surface area contributed by atoms with Gasteiger partial charge in [-0.3, -0.25) is 4.79 Å². The van der Waals surface area contributed by atoms with Gasteiger partial charge in [0.15, 0.2) is 5.79 Å². The van der Waals surface area contributed by atoms with Crippen molar-refractivity contribution in [3.63, 3.8) is 0 Å². The molecular weight excluding hydrogens is 204 g/mol. The van der Waals surface area contributed by atoms with Crippen LogP contribution in [-0.2, 0) is 14.3 Å². The number of hydrogen-bond acceptors (Lipinski definition) is 3. The van der Waals surface area contributed by atoms with Crippen LogP contribution in [0.1, 0.15) is 46.0 Å². The highest BCUT2D eigenvalue weighted by Gasteiger charge is 2.53. The maximum Gasteiger partial charge on any atom is 0.163 e. The van der Waals surface area contributed by atoms with Crippen molar-refractivity contribution in [3.8, 4) is 0 Å². The number of ketones is 1. The maximum atomic E-state index is 11.6. The minimum Gasteiger partial charge on any atom is -0.345 e. The predicted octanol–water partition coefficient (Wildman–Crippen LogP) is 2.29. The Hall–Kier alpha value is -0.410. The number of hydrogen-bond donors (Lipinski definition) is 0. The quantitative estimate of drug-likeness (QED) is 0.633. The van der Waals surface area contributed by atoms with Gasteiger partial charge in [-0.25, -0.2) is 0 Å². The second-order valence-corrected chi connectivity index (χ2v) is 5.93. The Morgan fingerprint density at radius 2 is 2.12 bits per heavy atom. The molecule has 0 spiro atoms. The van der Waals surface area contributed by atoms with Gasteiger partial charge < -0.3 is 9.47 Å². The fraction of sp³-hybridized carbons (Fsp3) is 0.923. The van der Waals surface area contributed by atoms with Crippen molar-refractivity contribution in [1.82, 2.24) is 0 Å². The lowest BCUT2D eigenvalue weighted by Gasteiger charge is -2.24. The Bertz CT molecular complexity index is 310. The third kappa shape index (κ3) is 1.70. The highest BCUT2D eigenvalue weighted by atomic mass is 16.8. The molecular formula is C13H20O3. The summed E-state index contributed by atoms with van der Waals surface area (Å²) in [6, 6.07) is 0. The highest BCUT2D eigenvalue weighted by molar-refractivity contribution is 5.79. The molecule has 1 saturated heterocycles. The van der Waals surface area contributed by atoms with E-state index in [-0.39, 0.29) is 12.2 Å². The van der Waals surface area contributed by atoms with Crippen LogP contribution in [0.5, 0.6) is 0 Å². The second-order valence-electron chi connectivity index (χ2n) is 5.93. The Balaban J connectivity index is 1.78. The summed E-state index contributed by atoms with van der Waals surface area (Å²) in [6.45, 7) is 3.98. The molecule has 0 aromatic carbocycles. The Morgan fingerprint density at radius 3 is 2.94 bits per heavy atom. The monoisotopic (exact) mass is 224 g/mol. The molecule has 0 amide bonds. The molecule has 90 valence electrons. The predicted molar refractivity (Wildman–Crippen MR) is 58.9 cm³/mol. The summed E-state index contributed by atoms with van der Waals surface area (Å²) in [5.41, 5.74) is 0. The highest BCUT2D eigenvalue weighted by Crippen LogP contribution is 2.48. The van der Waals surface area contributed by atoms with Crippen molar-refractivity contribution < 1.29 is 14.3 Å². The topological polar surface area (TPSA) is 35.5 Å². The zero-order chi connectivity index (χ0) is 11.3. The Labute approximate surface area is 96.5 Å². The van der Waals surface area contributed by atoms with Gasteiger partial charge >= 0.3 is 0 Å². The van der Waals surface area contributed by atoms with E-state index in [2.05, 4.69) is 0 Å². The number of Topliss-reactive ketones (excluding diaryl/α,β-unsaturated/α-hetero) is 1. The third-order valence-corrected chi connectivity index (χ3v) is 4.27. The lowest BCUT2D eigenvalue weighted by Crippen LogP contribution is -2.27. The molecule has 3 nitrogen and oxygen atoms in total. The van der Waals surface area contributed by atoms with E-state index < -0.39 is 5.79 Å². The molecule has 3 fully saturated rings. The van der Waals surface area contributed by atoms with Gasteiger partial charge in [-0.15, -0.1) is 0 Å². The van der Waals surface area contributed by atoms with Gasteiger partial charge in [0.25, 0.3) is 0 Å². The molecule has 0 aromatic rings. The van der Waals surface area contributed by atoms with E-state index in [1.54, 1.807) is 0 Å². The van der Waals surface area contributed by atoms with Gasteiger partial charge in [-0.05, 0) is 44.9 Å². The zero-order valence-electron chi connectivity index (χ0n) is 10.1. The number of ether oxygens (including phenoxy) is 2. The molecule has 4 atom stereocenters. The fourth-order valence-corrected chi connectivity index (χ4v) is 3.71. The number of fused-ring (bicyclic) bond motifs is 3. The standard InChI is InChI=1S/C13H20O3/c1-13(2)15-11-7-8-6-9(14)4-3-5-10(8)12(11)16-13/h8,10-12H,3-7H2,1-2H3/t8-,10-,11-,12+/m1/s1. The summed E-state index contributed by atoms with van der Waals surface area (Å²) in [5.74, 6) is 1.09. The van der Waals surface area contributed by atoms with Crippen molar-refractivity contribution in [2.75, 3.05) is 0 Å². The van der Waals surface area contributed by atoms with Crippen molar-refractivity contribution >= 4 is 5.78 Å². The summed E-state index contributed by atoms with van der Waals surface area (Å²) in [4.78, 5) is 11.6. The molecule has 3 aliphatic rings. The van der Waals surface area contributed by atoms with Crippen LogP contribution in [0.3, 0.4) is 0 Å². The van der Waals surface area contributed by atoms with Crippen LogP contribution < -0.4 is 0 Å². The first-order chi connectivity index (χ1) is 7.55. The third-order valence-electron chi connectivity index (χ3n) is 4.27. The molecule has 0 N–H and O–H groups in total.